The molecular formula is C14H21NO8S. The van der Waals surface area contributed by atoms with Crippen LogP contribution in [0.25, 0.3) is 0 Å². The van der Waals surface area contributed by atoms with Gasteiger partial charge in [0.15, 0.2) is 17.6 Å². The van der Waals surface area contributed by atoms with Gasteiger partial charge in [0, 0.05) is 27.7 Å². The summed E-state index contributed by atoms with van der Waals surface area (Å²) in [6, 6.07) is -0.916. The lowest BCUT2D eigenvalue weighted by atomic mass is 10.0. The highest BCUT2D eigenvalue weighted by Crippen LogP contribution is 2.36. The van der Waals surface area contributed by atoms with Crippen LogP contribution in [0.4, 0.5) is 0 Å². The van der Waals surface area contributed by atoms with Gasteiger partial charge in [-0.05, 0) is 0 Å². The summed E-state index contributed by atoms with van der Waals surface area (Å²) in [5.41, 5.74) is 5.18. The molecule has 0 amide bonds. The van der Waals surface area contributed by atoms with Crippen molar-refractivity contribution in [1.29, 1.82) is 0 Å². The molecule has 5 atom stereocenters. The van der Waals surface area contributed by atoms with Crippen LogP contribution < -0.4 is 5.73 Å². The first-order chi connectivity index (χ1) is 11.1. The quantitative estimate of drug-likeness (QED) is 0.515. The Morgan fingerprint density at radius 3 is 1.79 bits per heavy atom. The minimum Gasteiger partial charge on any atom is -0.465 e. The third-order valence-electron chi connectivity index (χ3n) is 3.03. The van der Waals surface area contributed by atoms with E-state index < -0.39 is 52.8 Å². The van der Waals surface area contributed by atoms with E-state index >= 15 is 0 Å². The van der Waals surface area contributed by atoms with E-state index in [1.54, 1.807) is 0 Å². The fourth-order valence-corrected chi connectivity index (χ4v) is 3.59. The van der Waals surface area contributed by atoms with Crippen LogP contribution in [0.3, 0.4) is 0 Å². The third-order valence-corrected chi connectivity index (χ3v) is 4.46. The summed E-state index contributed by atoms with van der Waals surface area (Å²) in [7, 11) is 0. The van der Waals surface area contributed by atoms with Crippen molar-refractivity contribution in [2.24, 2.45) is 5.73 Å². The number of hydrogen-bond donors (Lipinski definition) is 1. The Bertz CT molecular complexity index is 495. The van der Waals surface area contributed by atoms with E-state index in [-0.39, 0.29) is 6.61 Å². The topological polar surface area (TPSA) is 131 Å². The smallest absolute Gasteiger partial charge is 0.303 e. The van der Waals surface area contributed by atoms with Gasteiger partial charge in [-0.1, -0.05) is 0 Å². The van der Waals surface area contributed by atoms with Gasteiger partial charge >= 0.3 is 23.9 Å². The van der Waals surface area contributed by atoms with Crippen LogP contribution in [0.5, 0.6) is 0 Å². The zero-order chi connectivity index (χ0) is 18.4. The van der Waals surface area contributed by atoms with Gasteiger partial charge in [0.1, 0.15) is 6.61 Å². The molecule has 1 heterocycles. The lowest BCUT2D eigenvalue weighted by Crippen LogP contribution is -2.61. The van der Waals surface area contributed by atoms with Gasteiger partial charge in [0.2, 0.25) is 0 Å². The van der Waals surface area contributed by atoms with Crippen molar-refractivity contribution in [2.75, 3.05) is 6.61 Å². The normalized spacial score (nSPS) is 29.3. The standard InChI is InChI=1S/C14H21NO8S/c1-6(16)20-5-10-12(21-7(2)17)13(22-8(3)18)11(15)14(24-10)23-9(4)19/h10-14H,5,15H2,1-4H3/t10-,11-,12-,13-,14+/m1/s1. The molecule has 1 aliphatic heterocycles. The number of carbonyl (C=O) groups is 4. The van der Waals surface area contributed by atoms with Crippen LogP contribution in [0.2, 0.25) is 0 Å². The molecule has 0 aromatic heterocycles. The maximum atomic E-state index is 11.4. The van der Waals surface area contributed by atoms with Gasteiger partial charge in [0.25, 0.3) is 0 Å². The number of thioether (sulfide) groups is 1. The third kappa shape index (κ3) is 6.00. The highest BCUT2D eigenvalue weighted by Gasteiger charge is 2.49. The van der Waals surface area contributed by atoms with Gasteiger partial charge in [-0.15, -0.1) is 11.8 Å². The summed E-state index contributed by atoms with van der Waals surface area (Å²) in [5.74, 6) is -2.34. The lowest BCUT2D eigenvalue weighted by Gasteiger charge is -2.42. The second-order valence-corrected chi connectivity index (χ2v) is 6.52. The van der Waals surface area contributed by atoms with Crippen molar-refractivity contribution >= 4 is 35.6 Å². The maximum Gasteiger partial charge on any atom is 0.303 e. The largest absolute Gasteiger partial charge is 0.465 e. The highest BCUT2D eigenvalue weighted by atomic mass is 32.2. The predicted molar refractivity (Wildman–Crippen MR) is 82.6 cm³/mol. The fraction of sp³-hybridized carbons (Fsp3) is 0.714. The summed E-state index contributed by atoms with van der Waals surface area (Å²) >= 11 is 1.08. The summed E-state index contributed by atoms with van der Waals surface area (Å²) in [4.78, 5) is 45.1. The minimum atomic E-state index is -1.04. The maximum absolute atomic E-state index is 11.4. The van der Waals surface area contributed by atoms with E-state index in [1.165, 1.54) is 27.7 Å². The first kappa shape index (κ1) is 20.2. The molecule has 24 heavy (non-hydrogen) atoms. The van der Waals surface area contributed by atoms with E-state index in [9.17, 15) is 19.2 Å². The molecule has 0 radical (unpaired) electrons. The Balaban J connectivity index is 3.08. The van der Waals surface area contributed by atoms with Crippen LogP contribution in [0.15, 0.2) is 0 Å². The summed E-state index contributed by atoms with van der Waals surface area (Å²) in [6.45, 7) is 4.70. The fourth-order valence-electron chi connectivity index (χ4n) is 2.20. The SMILES string of the molecule is CC(=O)OC[C@H]1S[C@H](OC(C)=O)[C@H](N)[C@@H](OC(C)=O)[C@@H]1OC(C)=O. The zero-order valence-corrected chi connectivity index (χ0v) is 14.7. The Morgan fingerprint density at radius 2 is 1.33 bits per heavy atom. The molecule has 0 unspecified atom stereocenters. The molecule has 0 bridgehead atoms. The van der Waals surface area contributed by atoms with Crippen molar-refractivity contribution in [3.63, 3.8) is 0 Å². The Kier molecular flexibility index (Phi) is 7.49. The second kappa shape index (κ2) is 8.88. The average molecular weight is 363 g/mol. The predicted octanol–water partition coefficient (Wildman–Crippen LogP) is -0.255. The van der Waals surface area contributed by atoms with Crippen LogP contribution in [-0.2, 0) is 38.1 Å². The molecule has 0 spiro atoms. The number of ether oxygens (including phenoxy) is 4. The summed E-state index contributed by atoms with van der Waals surface area (Å²) in [6.07, 6.45) is -1.99. The molecule has 1 rings (SSSR count). The van der Waals surface area contributed by atoms with Crippen molar-refractivity contribution < 1.29 is 38.1 Å². The molecule has 1 aliphatic rings. The van der Waals surface area contributed by atoms with Crippen molar-refractivity contribution in [3.8, 4) is 0 Å². The molecule has 1 fully saturated rings. The van der Waals surface area contributed by atoms with Gasteiger partial charge in [-0.2, -0.15) is 0 Å². The van der Waals surface area contributed by atoms with Crippen LogP contribution in [0.1, 0.15) is 27.7 Å². The molecule has 0 saturated carbocycles. The Morgan fingerprint density at radius 1 is 0.833 bits per heavy atom. The molecule has 0 aromatic carbocycles. The Labute approximate surface area is 143 Å². The summed E-state index contributed by atoms with van der Waals surface area (Å²) < 4.78 is 20.5. The van der Waals surface area contributed by atoms with E-state index in [0.717, 1.165) is 11.8 Å². The number of rotatable bonds is 5. The van der Waals surface area contributed by atoms with Gasteiger partial charge in [-0.3, -0.25) is 19.2 Å². The van der Waals surface area contributed by atoms with Crippen LogP contribution in [-0.4, -0.2) is 59.4 Å². The average Bonchev–Trinajstić information content (AvgIpc) is 2.42. The lowest BCUT2D eigenvalue weighted by molar-refractivity contribution is -0.173. The second-order valence-electron chi connectivity index (χ2n) is 5.18. The van der Waals surface area contributed by atoms with Crippen molar-refractivity contribution in [2.45, 2.75) is 56.6 Å². The molecule has 1 saturated heterocycles. The molecule has 0 aromatic rings. The van der Waals surface area contributed by atoms with Gasteiger partial charge in [0.05, 0.1) is 11.3 Å². The van der Waals surface area contributed by atoms with Crippen molar-refractivity contribution in [1.82, 2.24) is 0 Å². The van der Waals surface area contributed by atoms with E-state index in [4.69, 9.17) is 24.7 Å². The van der Waals surface area contributed by atoms with Crippen LogP contribution >= 0.6 is 11.8 Å². The molecule has 10 heteroatoms. The number of carbonyl (C=O) groups excluding carboxylic acids is 4. The summed E-state index contributed by atoms with van der Waals surface area (Å²) in [5, 5.41) is -0.619. The zero-order valence-electron chi connectivity index (χ0n) is 13.8. The number of esters is 4. The van der Waals surface area contributed by atoms with Crippen LogP contribution in [0, 0.1) is 0 Å². The molecule has 2 N–H and O–H groups in total. The van der Waals surface area contributed by atoms with Crippen molar-refractivity contribution in [3.05, 3.63) is 0 Å². The van der Waals surface area contributed by atoms with E-state index in [2.05, 4.69) is 0 Å². The molecule has 9 nitrogen and oxygen atoms in total. The van der Waals surface area contributed by atoms with Gasteiger partial charge in [-0.25, -0.2) is 0 Å². The molecule has 0 aliphatic carbocycles. The number of hydrogen-bond acceptors (Lipinski definition) is 10. The van der Waals surface area contributed by atoms with E-state index in [0.29, 0.717) is 0 Å². The number of nitrogens with two attached hydrogens (primary N) is 1. The monoisotopic (exact) mass is 363 g/mol. The molecular weight excluding hydrogens is 342 g/mol. The van der Waals surface area contributed by atoms with Gasteiger partial charge < -0.3 is 24.7 Å². The first-order valence-corrected chi connectivity index (χ1v) is 8.12. The Hall–Kier alpha value is -1.81. The van der Waals surface area contributed by atoms with E-state index in [1.807, 2.05) is 0 Å². The first-order valence-electron chi connectivity index (χ1n) is 7.18. The minimum absolute atomic E-state index is 0.125. The molecule has 136 valence electrons. The highest BCUT2D eigenvalue weighted by molar-refractivity contribution is 8.00.